The molecule has 0 radical (unpaired) electrons. The lowest BCUT2D eigenvalue weighted by Gasteiger charge is -2.28. The number of rotatable bonds is 10. The summed E-state index contributed by atoms with van der Waals surface area (Å²) in [6.07, 6.45) is 11.8. The largest absolute Gasteiger partial charge is 0.299 e. The lowest BCUT2D eigenvalue weighted by molar-refractivity contribution is -0.118. The Balaban J connectivity index is 1.83. The Morgan fingerprint density at radius 3 is 2.16 bits per heavy atom. The van der Waals surface area contributed by atoms with Gasteiger partial charge in [-0.3, -0.25) is 9.59 Å². The van der Waals surface area contributed by atoms with Crippen LogP contribution in [0, 0.1) is 5.92 Å². The van der Waals surface area contributed by atoms with Gasteiger partial charge < -0.3 is 0 Å². The van der Waals surface area contributed by atoms with Crippen molar-refractivity contribution in [1.82, 2.24) is 0 Å². The van der Waals surface area contributed by atoms with Gasteiger partial charge in [0.15, 0.2) is 5.78 Å². The average molecular weight is 343 g/mol. The van der Waals surface area contributed by atoms with Crippen molar-refractivity contribution in [2.75, 3.05) is 0 Å². The maximum atomic E-state index is 12.2. The zero-order valence-electron chi connectivity index (χ0n) is 16.1. The lowest BCUT2D eigenvalue weighted by atomic mass is 9.77. The highest BCUT2D eigenvalue weighted by molar-refractivity contribution is 6.07. The van der Waals surface area contributed by atoms with Gasteiger partial charge in [-0.2, -0.15) is 0 Å². The predicted molar refractivity (Wildman–Crippen MR) is 104 cm³/mol. The Morgan fingerprint density at radius 1 is 0.920 bits per heavy atom. The Bertz CT molecular complexity index is 536. The first-order valence-electron chi connectivity index (χ1n) is 10.3. The summed E-state index contributed by atoms with van der Waals surface area (Å²) in [6, 6.07) is 8.07. The van der Waals surface area contributed by atoms with Crippen LogP contribution in [0.5, 0.6) is 0 Å². The Morgan fingerprint density at radius 2 is 1.56 bits per heavy atom. The monoisotopic (exact) mass is 342 g/mol. The third-order valence-electron chi connectivity index (χ3n) is 5.68. The smallest absolute Gasteiger partial charge is 0.170 e. The standard InChI is InChI=1S/C23H34O2/c1-3-5-7-18-9-11-19(12-10-18)20-13-15-21(16-14-20)23(25)17-22(24)8-6-4-2/h13-16,18-19H,3-12,17H2,1-2H3. The van der Waals surface area contributed by atoms with Crippen LogP contribution >= 0.6 is 0 Å². The van der Waals surface area contributed by atoms with Crippen molar-refractivity contribution in [2.45, 2.75) is 90.4 Å². The molecule has 0 saturated heterocycles. The Labute approximate surface area is 153 Å². The highest BCUT2D eigenvalue weighted by Gasteiger charge is 2.22. The molecule has 0 amide bonds. The number of carbonyl (C=O) groups excluding carboxylic acids is 2. The minimum atomic E-state index is -0.0315. The molecular formula is C23H34O2. The molecule has 2 rings (SSSR count). The molecule has 2 nitrogen and oxygen atoms in total. The van der Waals surface area contributed by atoms with Crippen molar-refractivity contribution < 1.29 is 9.59 Å². The van der Waals surface area contributed by atoms with Gasteiger partial charge in [-0.05, 0) is 49.5 Å². The topological polar surface area (TPSA) is 34.1 Å². The van der Waals surface area contributed by atoms with Crippen LogP contribution in [-0.4, -0.2) is 11.6 Å². The summed E-state index contributed by atoms with van der Waals surface area (Å²) < 4.78 is 0. The van der Waals surface area contributed by atoms with Gasteiger partial charge in [0.05, 0.1) is 6.42 Å². The summed E-state index contributed by atoms with van der Waals surface area (Å²) in [5.41, 5.74) is 2.05. The van der Waals surface area contributed by atoms with Gasteiger partial charge in [-0.15, -0.1) is 0 Å². The number of hydrogen-bond acceptors (Lipinski definition) is 2. The summed E-state index contributed by atoms with van der Waals surface area (Å²) in [7, 11) is 0. The molecule has 0 aromatic heterocycles. The molecule has 0 aliphatic heterocycles. The van der Waals surface area contributed by atoms with E-state index in [1.54, 1.807) is 0 Å². The van der Waals surface area contributed by atoms with E-state index in [2.05, 4.69) is 26.0 Å². The van der Waals surface area contributed by atoms with Crippen LogP contribution in [0.2, 0.25) is 0 Å². The first kappa shape index (κ1) is 19.9. The minimum absolute atomic E-state index is 0.0315. The van der Waals surface area contributed by atoms with Crippen LogP contribution in [0.25, 0.3) is 0 Å². The van der Waals surface area contributed by atoms with Gasteiger partial charge in [0, 0.05) is 12.0 Å². The van der Waals surface area contributed by atoms with Crippen molar-refractivity contribution in [2.24, 2.45) is 5.92 Å². The van der Waals surface area contributed by atoms with Gasteiger partial charge in [-0.1, -0.05) is 63.8 Å². The average Bonchev–Trinajstić information content (AvgIpc) is 2.65. The molecule has 1 aliphatic rings. The van der Waals surface area contributed by atoms with Gasteiger partial charge in [-0.25, -0.2) is 0 Å². The highest BCUT2D eigenvalue weighted by atomic mass is 16.1. The summed E-state index contributed by atoms with van der Waals surface area (Å²) in [4.78, 5) is 24.0. The fourth-order valence-electron chi connectivity index (χ4n) is 3.96. The van der Waals surface area contributed by atoms with E-state index in [-0.39, 0.29) is 18.0 Å². The van der Waals surface area contributed by atoms with E-state index in [9.17, 15) is 9.59 Å². The molecule has 1 aromatic carbocycles. The van der Waals surface area contributed by atoms with E-state index in [1.165, 1.54) is 50.5 Å². The second-order valence-corrected chi connectivity index (χ2v) is 7.72. The maximum absolute atomic E-state index is 12.2. The van der Waals surface area contributed by atoms with Crippen molar-refractivity contribution in [1.29, 1.82) is 0 Å². The van der Waals surface area contributed by atoms with Gasteiger partial charge in [0.1, 0.15) is 5.78 Å². The molecule has 1 aliphatic carbocycles. The molecule has 0 unspecified atom stereocenters. The molecule has 0 atom stereocenters. The normalized spacial score (nSPS) is 20.4. The van der Waals surface area contributed by atoms with E-state index in [1.807, 2.05) is 12.1 Å². The molecule has 0 N–H and O–H groups in total. The van der Waals surface area contributed by atoms with Crippen LogP contribution < -0.4 is 0 Å². The number of carbonyl (C=O) groups is 2. The summed E-state index contributed by atoms with van der Waals surface area (Å²) in [5, 5.41) is 0. The van der Waals surface area contributed by atoms with Crippen LogP contribution in [0.1, 0.15) is 106 Å². The van der Waals surface area contributed by atoms with Gasteiger partial charge >= 0.3 is 0 Å². The van der Waals surface area contributed by atoms with Crippen LogP contribution in [0.3, 0.4) is 0 Å². The molecule has 0 spiro atoms. The first-order chi connectivity index (χ1) is 12.1. The number of benzene rings is 1. The molecular weight excluding hydrogens is 308 g/mol. The number of hydrogen-bond donors (Lipinski definition) is 0. The number of Topliss-reactive ketones (excluding diaryl/α,β-unsaturated/α-hetero) is 2. The fraction of sp³-hybridized carbons (Fsp3) is 0.652. The summed E-state index contributed by atoms with van der Waals surface area (Å²) >= 11 is 0. The van der Waals surface area contributed by atoms with Crippen LogP contribution in [0.4, 0.5) is 0 Å². The molecule has 2 heteroatoms. The number of unbranched alkanes of at least 4 members (excludes halogenated alkanes) is 2. The van der Waals surface area contributed by atoms with Crippen molar-refractivity contribution in [3.8, 4) is 0 Å². The van der Waals surface area contributed by atoms with Crippen LogP contribution in [-0.2, 0) is 4.79 Å². The van der Waals surface area contributed by atoms with Gasteiger partial charge in [0.25, 0.3) is 0 Å². The van der Waals surface area contributed by atoms with E-state index in [0.717, 1.165) is 18.8 Å². The zero-order chi connectivity index (χ0) is 18.1. The number of ketones is 2. The minimum Gasteiger partial charge on any atom is -0.299 e. The summed E-state index contributed by atoms with van der Waals surface area (Å²) in [5.74, 6) is 1.61. The van der Waals surface area contributed by atoms with E-state index in [0.29, 0.717) is 17.9 Å². The molecule has 1 aromatic rings. The molecule has 0 heterocycles. The zero-order valence-corrected chi connectivity index (χ0v) is 16.1. The lowest BCUT2D eigenvalue weighted by Crippen LogP contribution is -2.13. The Kier molecular flexibility index (Phi) is 8.37. The SMILES string of the molecule is CCCCC(=O)CC(=O)c1ccc(C2CCC(CCCC)CC2)cc1. The fourth-order valence-corrected chi connectivity index (χ4v) is 3.96. The summed E-state index contributed by atoms with van der Waals surface area (Å²) in [6.45, 7) is 4.33. The third-order valence-corrected chi connectivity index (χ3v) is 5.68. The maximum Gasteiger partial charge on any atom is 0.170 e. The van der Waals surface area contributed by atoms with Gasteiger partial charge in [0.2, 0.25) is 0 Å². The molecule has 25 heavy (non-hydrogen) atoms. The second-order valence-electron chi connectivity index (χ2n) is 7.72. The Hall–Kier alpha value is -1.44. The highest BCUT2D eigenvalue weighted by Crippen LogP contribution is 2.37. The third kappa shape index (κ3) is 6.41. The first-order valence-corrected chi connectivity index (χ1v) is 10.3. The van der Waals surface area contributed by atoms with E-state index >= 15 is 0 Å². The van der Waals surface area contributed by atoms with Crippen molar-refractivity contribution in [3.05, 3.63) is 35.4 Å². The predicted octanol–water partition coefficient (Wildman–Crippen LogP) is 6.48. The molecule has 1 fully saturated rings. The quantitative estimate of drug-likeness (QED) is 0.360. The van der Waals surface area contributed by atoms with Crippen LogP contribution in [0.15, 0.2) is 24.3 Å². The van der Waals surface area contributed by atoms with Crippen molar-refractivity contribution >= 4 is 11.6 Å². The molecule has 138 valence electrons. The second kappa shape index (κ2) is 10.5. The van der Waals surface area contributed by atoms with E-state index < -0.39 is 0 Å². The molecule has 1 saturated carbocycles. The van der Waals surface area contributed by atoms with E-state index in [4.69, 9.17) is 0 Å². The molecule has 0 bridgehead atoms. The van der Waals surface area contributed by atoms with Crippen molar-refractivity contribution in [3.63, 3.8) is 0 Å².